The van der Waals surface area contributed by atoms with Crippen molar-refractivity contribution in [1.29, 1.82) is 0 Å². The van der Waals surface area contributed by atoms with Gasteiger partial charge in [-0.25, -0.2) is 0 Å². The van der Waals surface area contributed by atoms with Gasteiger partial charge in [0.2, 0.25) is 0 Å². The minimum atomic E-state index is -0.608. The zero-order valence-corrected chi connectivity index (χ0v) is 8.09. The van der Waals surface area contributed by atoms with Crippen molar-refractivity contribution in [3.8, 4) is 0 Å². The number of allylic oxidation sites excluding steroid dienone is 1. The van der Waals surface area contributed by atoms with E-state index < -0.39 is 5.60 Å². The monoisotopic (exact) mass is 156 g/mol. The van der Waals surface area contributed by atoms with E-state index in [1.54, 1.807) is 0 Å². The van der Waals surface area contributed by atoms with Crippen molar-refractivity contribution in [2.24, 2.45) is 5.92 Å². The van der Waals surface area contributed by atoms with Gasteiger partial charge in [-0.2, -0.15) is 0 Å². The molecule has 0 bridgehead atoms. The van der Waals surface area contributed by atoms with Crippen LogP contribution in [0.5, 0.6) is 0 Å². The molecule has 1 N–H and O–H groups in total. The summed E-state index contributed by atoms with van der Waals surface area (Å²) < 4.78 is 0. The number of hydrogen-bond donors (Lipinski definition) is 1. The number of rotatable bonds is 4. The van der Waals surface area contributed by atoms with Gasteiger partial charge in [0.25, 0.3) is 0 Å². The molecule has 2 unspecified atom stereocenters. The second-order valence-electron chi connectivity index (χ2n) is 3.46. The molecule has 0 aliphatic rings. The van der Waals surface area contributed by atoms with Crippen LogP contribution in [0.2, 0.25) is 0 Å². The first kappa shape index (κ1) is 10.7. The maximum absolute atomic E-state index is 9.58. The van der Waals surface area contributed by atoms with Gasteiger partial charge in [0.1, 0.15) is 0 Å². The molecule has 0 saturated carbocycles. The molecule has 0 aromatic carbocycles. The Morgan fingerprint density at radius 1 is 1.45 bits per heavy atom. The van der Waals surface area contributed by atoms with Gasteiger partial charge < -0.3 is 5.11 Å². The third-order valence-electron chi connectivity index (χ3n) is 2.14. The predicted molar refractivity (Wildman–Crippen MR) is 49.5 cm³/mol. The van der Waals surface area contributed by atoms with E-state index in [0.717, 1.165) is 12.8 Å². The second kappa shape index (κ2) is 4.55. The summed E-state index contributed by atoms with van der Waals surface area (Å²) in [6.45, 7) is 8.13. The van der Waals surface area contributed by atoms with Gasteiger partial charge in [-0.05, 0) is 19.3 Å². The largest absolute Gasteiger partial charge is 0.386 e. The van der Waals surface area contributed by atoms with Gasteiger partial charge in [0.15, 0.2) is 0 Å². The quantitative estimate of drug-likeness (QED) is 0.620. The topological polar surface area (TPSA) is 20.2 Å². The van der Waals surface area contributed by atoms with Gasteiger partial charge >= 0.3 is 0 Å². The molecule has 0 spiro atoms. The molecule has 0 fully saturated rings. The van der Waals surface area contributed by atoms with E-state index in [0.29, 0.717) is 5.92 Å². The first-order chi connectivity index (χ1) is 5.02. The highest BCUT2D eigenvalue weighted by Crippen LogP contribution is 2.12. The summed E-state index contributed by atoms with van der Waals surface area (Å²) in [5.41, 5.74) is -0.608. The Morgan fingerprint density at radius 3 is 2.36 bits per heavy atom. The van der Waals surface area contributed by atoms with E-state index in [9.17, 15) is 5.11 Å². The van der Waals surface area contributed by atoms with E-state index in [2.05, 4.69) is 19.9 Å². The van der Waals surface area contributed by atoms with Crippen LogP contribution in [0.3, 0.4) is 0 Å². The molecule has 11 heavy (non-hydrogen) atoms. The maximum Gasteiger partial charge on any atom is 0.0797 e. The van der Waals surface area contributed by atoms with Crippen LogP contribution in [0, 0.1) is 5.92 Å². The summed E-state index contributed by atoms with van der Waals surface area (Å²) in [5, 5.41) is 9.58. The molecular formula is C10H20O. The summed E-state index contributed by atoms with van der Waals surface area (Å²) in [5.74, 6) is 0.577. The smallest absolute Gasteiger partial charge is 0.0797 e. The first-order valence-corrected chi connectivity index (χ1v) is 4.43. The van der Waals surface area contributed by atoms with E-state index in [1.165, 1.54) is 0 Å². The first-order valence-electron chi connectivity index (χ1n) is 4.43. The molecule has 1 heteroatoms. The molecule has 0 rings (SSSR count). The Balaban J connectivity index is 3.90. The summed E-state index contributed by atoms with van der Waals surface area (Å²) in [4.78, 5) is 0. The zero-order valence-electron chi connectivity index (χ0n) is 8.09. The van der Waals surface area contributed by atoms with Crippen LogP contribution in [0.25, 0.3) is 0 Å². The van der Waals surface area contributed by atoms with Gasteiger partial charge in [-0.1, -0.05) is 39.3 Å². The normalized spacial score (nSPS) is 20.1. The molecule has 1 nitrogen and oxygen atoms in total. The zero-order chi connectivity index (χ0) is 8.91. The van der Waals surface area contributed by atoms with Crippen molar-refractivity contribution in [1.82, 2.24) is 0 Å². The fraction of sp³-hybridized carbons (Fsp3) is 0.800. The summed E-state index contributed by atoms with van der Waals surface area (Å²) in [6.07, 6.45) is 5.90. The molecular weight excluding hydrogens is 136 g/mol. The van der Waals surface area contributed by atoms with E-state index in [4.69, 9.17) is 0 Å². The van der Waals surface area contributed by atoms with Crippen molar-refractivity contribution >= 4 is 0 Å². The maximum atomic E-state index is 9.58. The van der Waals surface area contributed by atoms with Crippen molar-refractivity contribution in [3.63, 3.8) is 0 Å². The Labute approximate surface area is 70.1 Å². The molecule has 66 valence electrons. The van der Waals surface area contributed by atoms with Crippen LogP contribution in [0.1, 0.15) is 40.5 Å². The fourth-order valence-corrected chi connectivity index (χ4v) is 0.625. The molecule has 0 saturated heterocycles. The van der Waals surface area contributed by atoms with E-state index in [1.807, 2.05) is 19.9 Å². The lowest BCUT2D eigenvalue weighted by Crippen LogP contribution is -2.18. The highest BCUT2D eigenvalue weighted by Gasteiger charge is 2.11. The summed E-state index contributed by atoms with van der Waals surface area (Å²) >= 11 is 0. The van der Waals surface area contributed by atoms with Crippen LogP contribution in [-0.4, -0.2) is 10.7 Å². The molecule has 0 amide bonds. The summed E-state index contributed by atoms with van der Waals surface area (Å²) in [7, 11) is 0. The number of hydrogen-bond acceptors (Lipinski definition) is 1. The average Bonchev–Trinajstić information content (AvgIpc) is 2.00. The predicted octanol–water partition coefficient (Wildman–Crippen LogP) is 2.75. The minimum Gasteiger partial charge on any atom is -0.386 e. The third kappa shape index (κ3) is 5.02. The molecule has 0 heterocycles. The van der Waals surface area contributed by atoms with Crippen LogP contribution < -0.4 is 0 Å². The molecule has 2 atom stereocenters. The van der Waals surface area contributed by atoms with Crippen LogP contribution >= 0.6 is 0 Å². The Kier molecular flexibility index (Phi) is 4.43. The molecule has 0 aromatic rings. The summed E-state index contributed by atoms with van der Waals surface area (Å²) in [6, 6.07) is 0. The highest BCUT2D eigenvalue weighted by molar-refractivity contribution is 4.99. The van der Waals surface area contributed by atoms with E-state index in [-0.39, 0.29) is 0 Å². The second-order valence-corrected chi connectivity index (χ2v) is 3.46. The lowest BCUT2D eigenvalue weighted by molar-refractivity contribution is 0.107. The molecule has 0 aromatic heterocycles. The highest BCUT2D eigenvalue weighted by atomic mass is 16.3. The molecule has 0 aliphatic carbocycles. The third-order valence-corrected chi connectivity index (χ3v) is 2.14. The van der Waals surface area contributed by atoms with Crippen LogP contribution in [0.4, 0.5) is 0 Å². The lowest BCUT2D eigenvalue weighted by atomic mass is 10.00. The van der Waals surface area contributed by atoms with Gasteiger partial charge in [-0.15, -0.1) is 0 Å². The standard InChI is InChI=1S/C10H20O/c1-5-9(3)7-8-10(4,11)6-2/h7-9,11H,5-6H2,1-4H3. The van der Waals surface area contributed by atoms with Gasteiger partial charge in [-0.3, -0.25) is 0 Å². The van der Waals surface area contributed by atoms with Crippen LogP contribution in [0.15, 0.2) is 12.2 Å². The Hall–Kier alpha value is -0.300. The lowest BCUT2D eigenvalue weighted by Gasteiger charge is -2.16. The van der Waals surface area contributed by atoms with Crippen molar-refractivity contribution in [3.05, 3.63) is 12.2 Å². The van der Waals surface area contributed by atoms with Crippen LogP contribution in [-0.2, 0) is 0 Å². The minimum absolute atomic E-state index is 0.577. The fourth-order valence-electron chi connectivity index (χ4n) is 0.625. The average molecular weight is 156 g/mol. The van der Waals surface area contributed by atoms with Crippen molar-refractivity contribution < 1.29 is 5.11 Å². The van der Waals surface area contributed by atoms with E-state index >= 15 is 0 Å². The van der Waals surface area contributed by atoms with Crippen molar-refractivity contribution in [2.45, 2.75) is 46.1 Å². The van der Waals surface area contributed by atoms with Gasteiger partial charge in [0, 0.05) is 0 Å². The molecule has 0 aliphatic heterocycles. The van der Waals surface area contributed by atoms with Gasteiger partial charge in [0.05, 0.1) is 5.60 Å². The molecule has 0 radical (unpaired) electrons. The van der Waals surface area contributed by atoms with Crippen molar-refractivity contribution in [2.75, 3.05) is 0 Å². The SMILES string of the molecule is CCC(C)C=CC(C)(O)CC. The number of aliphatic hydroxyl groups is 1. The Morgan fingerprint density at radius 2 is 2.00 bits per heavy atom. The Bertz CT molecular complexity index is 125.